The Morgan fingerprint density at radius 3 is 2.79 bits per heavy atom. The van der Waals surface area contributed by atoms with Crippen molar-refractivity contribution in [1.82, 2.24) is 10.2 Å². The quantitative estimate of drug-likeness (QED) is 0.783. The van der Waals surface area contributed by atoms with Crippen LogP contribution in [-0.2, 0) is 20.9 Å². The molecule has 2 heterocycles. The first-order valence-electron chi connectivity index (χ1n) is 9.53. The molecule has 1 amide bonds. The molecule has 0 bridgehead atoms. The molecule has 7 heteroatoms. The Bertz CT molecular complexity index is 903. The van der Waals surface area contributed by atoms with E-state index in [1.807, 2.05) is 24.3 Å². The van der Waals surface area contributed by atoms with Gasteiger partial charge in [-0.1, -0.05) is 35.9 Å². The molecule has 0 spiro atoms. The topological polar surface area (TPSA) is 50.8 Å². The fraction of sp³-hybridized carbons (Fsp3) is 0.318. The number of carbonyl (C=O) groups excluding carboxylic acids is 1. The Morgan fingerprint density at radius 1 is 1.24 bits per heavy atom. The summed E-state index contributed by atoms with van der Waals surface area (Å²) >= 11 is 6.07. The van der Waals surface area contributed by atoms with E-state index in [0.29, 0.717) is 37.9 Å². The first-order valence-corrected chi connectivity index (χ1v) is 9.91. The predicted octanol–water partition coefficient (Wildman–Crippen LogP) is 3.45. The number of rotatable bonds is 6. The van der Waals surface area contributed by atoms with Crippen LogP contribution < -0.4 is 5.32 Å². The molecule has 0 aliphatic carbocycles. The number of morpholine rings is 1. The average Bonchev–Trinajstić information content (AvgIpc) is 3.12. The van der Waals surface area contributed by atoms with Crippen molar-refractivity contribution < 1.29 is 18.7 Å². The van der Waals surface area contributed by atoms with E-state index in [0.717, 1.165) is 16.7 Å². The van der Waals surface area contributed by atoms with E-state index in [2.05, 4.69) is 10.2 Å². The van der Waals surface area contributed by atoms with E-state index in [1.165, 1.54) is 12.1 Å². The van der Waals surface area contributed by atoms with Crippen molar-refractivity contribution in [3.63, 3.8) is 0 Å². The highest BCUT2D eigenvalue weighted by Crippen LogP contribution is 2.32. The number of ether oxygens (including phenoxy) is 2. The van der Waals surface area contributed by atoms with Gasteiger partial charge in [-0.05, 0) is 41.0 Å². The molecule has 2 aromatic rings. The molecule has 152 valence electrons. The monoisotopic (exact) mass is 416 g/mol. The van der Waals surface area contributed by atoms with Crippen LogP contribution in [0.5, 0.6) is 0 Å². The Hall–Kier alpha value is -2.25. The molecule has 1 fully saturated rings. The van der Waals surface area contributed by atoms with Crippen molar-refractivity contribution in [3.05, 3.63) is 82.1 Å². The van der Waals surface area contributed by atoms with E-state index in [9.17, 15) is 9.18 Å². The Balaban J connectivity index is 1.55. The fourth-order valence-corrected chi connectivity index (χ4v) is 3.90. The minimum absolute atomic E-state index is 0.0691. The molecule has 2 atom stereocenters. The molecule has 5 nitrogen and oxygen atoms in total. The Kier molecular flexibility index (Phi) is 6.25. The summed E-state index contributed by atoms with van der Waals surface area (Å²) in [5, 5.41) is 3.45. The van der Waals surface area contributed by atoms with Gasteiger partial charge in [0, 0.05) is 30.7 Å². The number of nitrogens with one attached hydrogen (secondary N) is 1. The van der Waals surface area contributed by atoms with Crippen molar-refractivity contribution in [2.75, 3.05) is 26.2 Å². The second kappa shape index (κ2) is 9.05. The van der Waals surface area contributed by atoms with Crippen molar-refractivity contribution in [1.29, 1.82) is 0 Å². The van der Waals surface area contributed by atoms with Crippen LogP contribution in [0.1, 0.15) is 17.2 Å². The van der Waals surface area contributed by atoms with E-state index in [1.54, 1.807) is 18.2 Å². The van der Waals surface area contributed by atoms with Gasteiger partial charge in [0.25, 0.3) is 0 Å². The second-order valence-corrected chi connectivity index (χ2v) is 7.60. The zero-order valence-corrected chi connectivity index (χ0v) is 16.6. The van der Waals surface area contributed by atoms with Crippen molar-refractivity contribution in [2.45, 2.75) is 18.9 Å². The average molecular weight is 417 g/mol. The lowest BCUT2D eigenvalue weighted by Crippen LogP contribution is -2.47. The summed E-state index contributed by atoms with van der Waals surface area (Å²) < 4.78 is 25.6. The molecule has 0 saturated carbocycles. The summed E-state index contributed by atoms with van der Waals surface area (Å²) in [6.45, 7) is 2.69. The van der Waals surface area contributed by atoms with Crippen LogP contribution in [-0.4, -0.2) is 43.3 Å². The van der Waals surface area contributed by atoms with Crippen molar-refractivity contribution in [3.8, 4) is 0 Å². The highest BCUT2D eigenvalue weighted by atomic mass is 35.5. The molecule has 0 radical (unpaired) electrons. The first-order chi connectivity index (χ1) is 14.1. The van der Waals surface area contributed by atoms with Crippen molar-refractivity contribution in [2.24, 2.45) is 0 Å². The number of halogens is 2. The van der Waals surface area contributed by atoms with Gasteiger partial charge in [-0.15, -0.1) is 0 Å². The van der Waals surface area contributed by atoms with Gasteiger partial charge >= 0.3 is 0 Å². The van der Waals surface area contributed by atoms with Gasteiger partial charge in [0.2, 0.25) is 5.91 Å². The van der Waals surface area contributed by atoms with Crippen LogP contribution in [0.4, 0.5) is 4.39 Å². The second-order valence-electron chi connectivity index (χ2n) is 7.17. The zero-order chi connectivity index (χ0) is 20.2. The third-order valence-electron chi connectivity index (χ3n) is 5.06. The van der Waals surface area contributed by atoms with Crippen LogP contribution in [0.2, 0.25) is 5.02 Å². The van der Waals surface area contributed by atoms with Gasteiger partial charge in [-0.3, -0.25) is 9.69 Å². The van der Waals surface area contributed by atoms with Crippen LogP contribution >= 0.6 is 11.6 Å². The molecule has 2 aliphatic rings. The molecular weight excluding hydrogens is 395 g/mol. The lowest BCUT2D eigenvalue weighted by atomic mass is 10.0. The molecule has 0 unspecified atom stereocenters. The van der Waals surface area contributed by atoms with Gasteiger partial charge in [-0.2, -0.15) is 0 Å². The lowest BCUT2D eigenvalue weighted by Gasteiger charge is -2.41. The molecule has 1 N–H and O–H groups in total. The van der Waals surface area contributed by atoms with Crippen LogP contribution in [0.15, 0.2) is 60.2 Å². The summed E-state index contributed by atoms with van der Waals surface area (Å²) in [6, 6.07) is 13.7. The predicted molar refractivity (Wildman–Crippen MR) is 108 cm³/mol. The molecule has 0 aromatic heterocycles. The molecule has 1 saturated heterocycles. The lowest BCUT2D eigenvalue weighted by molar-refractivity contribution is -0.215. The third kappa shape index (κ3) is 5.03. The van der Waals surface area contributed by atoms with Crippen molar-refractivity contribution >= 4 is 17.5 Å². The van der Waals surface area contributed by atoms with Crippen LogP contribution in [0, 0.1) is 5.82 Å². The number of hydrogen-bond donors (Lipinski definition) is 1. The van der Waals surface area contributed by atoms with Gasteiger partial charge in [0.15, 0.2) is 6.29 Å². The number of nitrogens with zero attached hydrogens (tertiary/aromatic N) is 1. The van der Waals surface area contributed by atoms with Gasteiger partial charge in [-0.25, -0.2) is 4.39 Å². The third-order valence-corrected chi connectivity index (χ3v) is 5.29. The van der Waals surface area contributed by atoms with Crippen LogP contribution in [0.25, 0.3) is 0 Å². The number of carbonyl (C=O) groups is 1. The summed E-state index contributed by atoms with van der Waals surface area (Å²) in [5.74, 6) is -0.359. The molecule has 4 rings (SSSR count). The molecule has 2 aromatic carbocycles. The Morgan fingerprint density at radius 2 is 2.07 bits per heavy atom. The van der Waals surface area contributed by atoms with E-state index >= 15 is 0 Å². The smallest absolute Gasteiger partial charge is 0.244 e. The molecule has 2 aliphatic heterocycles. The SMILES string of the molecule is O=C1C=C(CN2CCO[C@H](OCc3cccc(Cl)c3)[C@@H]2c2ccc(F)cc2)CN1. The summed E-state index contributed by atoms with van der Waals surface area (Å²) in [4.78, 5) is 13.7. The minimum atomic E-state index is -0.529. The van der Waals surface area contributed by atoms with E-state index in [4.69, 9.17) is 21.1 Å². The Labute approximate surface area is 174 Å². The number of hydrogen-bond acceptors (Lipinski definition) is 4. The highest BCUT2D eigenvalue weighted by Gasteiger charge is 2.35. The summed E-state index contributed by atoms with van der Waals surface area (Å²) in [6.07, 6.45) is 1.11. The van der Waals surface area contributed by atoms with Crippen LogP contribution in [0.3, 0.4) is 0 Å². The van der Waals surface area contributed by atoms with Gasteiger partial charge < -0.3 is 14.8 Å². The largest absolute Gasteiger partial charge is 0.349 e. The van der Waals surface area contributed by atoms with Gasteiger partial charge in [0.1, 0.15) is 5.82 Å². The number of amides is 1. The normalized spacial score (nSPS) is 22.4. The summed E-state index contributed by atoms with van der Waals surface area (Å²) in [5.41, 5.74) is 2.86. The molecular formula is C22H22ClFN2O3. The zero-order valence-electron chi connectivity index (χ0n) is 15.8. The maximum absolute atomic E-state index is 13.5. The standard InChI is InChI=1S/C22H22ClFN2O3/c23-18-3-1-2-15(10-18)14-29-22-21(17-4-6-19(24)7-5-17)26(8-9-28-22)13-16-11-20(27)25-12-16/h1-7,10-11,21-22H,8-9,12-14H2,(H,25,27)/t21-,22+/m0/s1. The molecule has 29 heavy (non-hydrogen) atoms. The van der Waals surface area contributed by atoms with E-state index < -0.39 is 6.29 Å². The van der Waals surface area contributed by atoms with E-state index in [-0.39, 0.29) is 17.8 Å². The highest BCUT2D eigenvalue weighted by molar-refractivity contribution is 6.30. The first kappa shape index (κ1) is 20.0. The summed E-state index contributed by atoms with van der Waals surface area (Å²) in [7, 11) is 0. The number of benzene rings is 2. The maximum Gasteiger partial charge on any atom is 0.244 e. The van der Waals surface area contributed by atoms with Gasteiger partial charge in [0.05, 0.1) is 19.3 Å². The fourth-order valence-electron chi connectivity index (χ4n) is 3.69. The minimum Gasteiger partial charge on any atom is -0.349 e. The maximum atomic E-state index is 13.5.